The Morgan fingerprint density at radius 3 is 2.33 bits per heavy atom. The Kier molecular flexibility index (Phi) is 4.40. The fourth-order valence-electron chi connectivity index (χ4n) is 2.64. The fraction of sp³-hybridized carbons (Fsp3) is 0.176. The van der Waals surface area contributed by atoms with Gasteiger partial charge in [-0.25, -0.2) is 4.39 Å². The third-order valence-electron chi connectivity index (χ3n) is 3.71. The van der Waals surface area contributed by atoms with Gasteiger partial charge in [-0.15, -0.1) is 0 Å². The molecule has 0 fully saturated rings. The van der Waals surface area contributed by atoms with Crippen molar-refractivity contribution in [2.45, 2.75) is 12.9 Å². The number of ether oxygens (including phenoxy) is 1. The molecule has 1 heterocycles. The van der Waals surface area contributed by atoms with Crippen LogP contribution in [0.3, 0.4) is 0 Å². The molecule has 0 bridgehead atoms. The summed E-state index contributed by atoms with van der Waals surface area (Å²) in [5.74, 6) is -0.386. The van der Waals surface area contributed by atoms with E-state index in [2.05, 4.69) is 15.9 Å². The van der Waals surface area contributed by atoms with Crippen LogP contribution in [0.5, 0.6) is 0 Å². The summed E-state index contributed by atoms with van der Waals surface area (Å²) < 4.78 is 59.6. The van der Waals surface area contributed by atoms with Crippen LogP contribution >= 0.6 is 15.9 Å². The zero-order valence-electron chi connectivity index (χ0n) is 12.5. The lowest BCUT2D eigenvalue weighted by Gasteiger charge is -2.11. The van der Waals surface area contributed by atoms with E-state index in [4.69, 9.17) is 4.74 Å². The number of hydrogen-bond donors (Lipinski definition) is 0. The summed E-state index contributed by atoms with van der Waals surface area (Å²) in [6, 6.07) is 9.30. The van der Waals surface area contributed by atoms with Gasteiger partial charge in [0.25, 0.3) is 0 Å². The topological polar surface area (TPSA) is 14.2 Å². The average molecular weight is 402 g/mol. The second-order valence-electron chi connectivity index (χ2n) is 5.24. The van der Waals surface area contributed by atoms with E-state index in [1.165, 1.54) is 25.3 Å². The molecule has 0 spiro atoms. The highest BCUT2D eigenvalue weighted by Crippen LogP contribution is 2.40. The maximum atomic E-state index is 13.2. The van der Waals surface area contributed by atoms with E-state index in [1.807, 2.05) is 0 Å². The monoisotopic (exact) mass is 401 g/mol. The number of halogens is 5. The minimum atomic E-state index is -4.43. The number of nitrogens with zero attached hydrogens (tertiary/aromatic N) is 1. The number of fused-ring (bicyclic) bond motifs is 1. The average Bonchev–Trinajstić information content (AvgIpc) is 2.80. The first-order valence-corrected chi connectivity index (χ1v) is 7.76. The van der Waals surface area contributed by atoms with E-state index in [-0.39, 0.29) is 12.5 Å². The molecule has 0 unspecified atom stereocenters. The van der Waals surface area contributed by atoms with Crippen molar-refractivity contribution in [2.75, 3.05) is 7.11 Å². The van der Waals surface area contributed by atoms with Crippen molar-refractivity contribution in [3.63, 3.8) is 0 Å². The van der Waals surface area contributed by atoms with Crippen LogP contribution < -0.4 is 0 Å². The summed E-state index contributed by atoms with van der Waals surface area (Å²) in [7, 11) is 1.46. The minimum Gasteiger partial charge on any atom is -0.364 e. The highest BCUT2D eigenvalue weighted by atomic mass is 79.9. The van der Waals surface area contributed by atoms with Crippen LogP contribution in [-0.4, -0.2) is 11.7 Å². The Hall–Kier alpha value is -1.86. The van der Waals surface area contributed by atoms with Crippen molar-refractivity contribution < 1.29 is 22.3 Å². The Balaban J connectivity index is 2.30. The molecule has 0 radical (unpaired) electrons. The first-order valence-electron chi connectivity index (χ1n) is 6.96. The van der Waals surface area contributed by atoms with Gasteiger partial charge < -0.3 is 9.30 Å². The molecule has 7 heteroatoms. The molecule has 0 aliphatic rings. The van der Waals surface area contributed by atoms with E-state index in [0.29, 0.717) is 26.6 Å². The summed E-state index contributed by atoms with van der Waals surface area (Å²) in [6.45, 7) is 0.0656. The van der Waals surface area contributed by atoms with Crippen molar-refractivity contribution >= 4 is 26.8 Å². The second kappa shape index (κ2) is 6.22. The van der Waals surface area contributed by atoms with Crippen molar-refractivity contribution in [1.82, 2.24) is 4.57 Å². The zero-order valence-corrected chi connectivity index (χ0v) is 14.1. The van der Waals surface area contributed by atoms with Gasteiger partial charge in [0.05, 0.1) is 21.2 Å². The van der Waals surface area contributed by atoms with Gasteiger partial charge in [0.1, 0.15) is 12.5 Å². The molecule has 0 aliphatic carbocycles. The molecule has 0 saturated heterocycles. The van der Waals surface area contributed by atoms with E-state index in [1.54, 1.807) is 16.7 Å². The molecule has 0 aliphatic heterocycles. The number of alkyl halides is 3. The van der Waals surface area contributed by atoms with Gasteiger partial charge in [0.15, 0.2) is 0 Å². The van der Waals surface area contributed by atoms with Gasteiger partial charge in [-0.05, 0) is 57.9 Å². The molecule has 1 aromatic heterocycles. The molecule has 3 aromatic rings. The highest BCUT2D eigenvalue weighted by Gasteiger charge is 2.31. The lowest BCUT2D eigenvalue weighted by molar-refractivity contribution is -0.137. The number of rotatable bonds is 3. The fourth-order valence-corrected chi connectivity index (χ4v) is 3.42. The third kappa shape index (κ3) is 2.93. The Morgan fingerprint density at radius 2 is 1.75 bits per heavy atom. The largest absolute Gasteiger partial charge is 0.416 e. The van der Waals surface area contributed by atoms with Gasteiger partial charge in [0.2, 0.25) is 0 Å². The molecule has 0 amide bonds. The normalized spacial score (nSPS) is 12.1. The van der Waals surface area contributed by atoms with Crippen molar-refractivity contribution in [3.8, 4) is 11.3 Å². The summed E-state index contributed by atoms with van der Waals surface area (Å²) in [5.41, 5.74) is 0.956. The molecule has 126 valence electrons. The molecule has 0 saturated carbocycles. The van der Waals surface area contributed by atoms with E-state index >= 15 is 0 Å². The maximum Gasteiger partial charge on any atom is 0.416 e. The summed E-state index contributed by atoms with van der Waals surface area (Å²) >= 11 is 3.45. The lowest BCUT2D eigenvalue weighted by Crippen LogP contribution is -2.06. The predicted molar refractivity (Wildman–Crippen MR) is 87.0 cm³/mol. The Morgan fingerprint density at radius 1 is 1.08 bits per heavy atom. The van der Waals surface area contributed by atoms with Crippen LogP contribution in [0.2, 0.25) is 0 Å². The smallest absolute Gasteiger partial charge is 0.364 e. The number of hydrogen-bond acceptors (Lipinski definition) is 1. The van der Waals surface area contributed by atoms with Gasteiger partial charge in [-0.1, -0.05) is 6.07 Å². The molecule has 2 nitrogen and oxygen atoms in total. The standard InChI is InChI=1S/C17H12BrF4NO/c1-24-9-23-14-8-11(17(20,21)22)4-7-13(14)15(18)16(23)10-2-5-12(19)6-3-10/h2-8H,9H2,1H3. The lowest BCUT2D eigenvalue weighted by atomic mass is 10.1. The Labute approximate surface area is 143 Å². The molecule has 0 atom stereocenters. The van der Waals surface area contributed by atoms with Gasteiger partial charge in [0, 0.05) is 12.5 Å². The third-order valence-corrected chi connectivity index (χ3v) is 4.51. The maximum absolute atomic E-state index is 13.2. The SMILES string of the molecule is COCn1c(-c2ccc(F)cc2)c(Br)c2ccc(C(F)(F)F)cc21. The number of methoxy groups -OCH3 is 1. The first kappa shape index (κ1) is 17.0. The Bertz CT molecular complexity index is 884. The quantitative estimate of drug-likeness (QED) is 0.503. The molecule has 24 heavy (non-hydrogen) atoms. The van der Waals surface area contributed by atoms with Gasteiger partial charge >= 0.3 is 6.18 Å². The summed E-state index contributed by atoms with van der Waals surface area (Å²) in [4.78, 5) is 0. The van der Waals surface area contributed by atoms with Crippen LogP contribution in [0, 0.1) is 5.82 Å². The summed E-state index contributed by atoms with van der Waals surface area (Å²) in [5, 5.41) is 0.624. The van der Waals surface area contributed by atoms with Crippen LogP contribution in [0.4, 0.5) is 17.6 Å². The van der Waals surface area contributed by atoms with Crippen molar-refractivity contribution in [3.05, 3.63) is 58.3 Å². The molecular weight excluding hydrogens is 390 g/mol. The molecule has 2 aromatic carbocycles. The number of aromatic nitrogens is 1. The van der Waals surface area contributed by atoms with E-state index in [0.717, 1.165) is 12.1 Å². The summed E-state index contributed by atoms with van der Waals surface area (Å²) in [6.07, 6.45) is -4.43. The molecule has 0 N–H and O–H groups in total. The van der Waals surface area contributed by atoms with Crippen LogP contribution in [0.1, 0.15) is 5.56 Å². The van der Waals surface area contributed by atoms with Crippen LogP contribution in [0.15, 0.2) is 46.9 Å². The van der Waals surface area contributed by atoms with Crippen LogP contribution in [-0.2, 0) is 17.6 Å². The van der Waals surface area contributed by atoms with Crippen LogP contribution in [0.25, 0.3) is 22.2 Å². The predicted octanol–water partition coefficient (Wildman–Crippen LogP) is 5.83. The van der Waals surface area contributed by atoms with Gasteiger partial charge in [-0.2, -0.15) is 13.2 Å². The van der Waals surface area contributed by atoms with Gasteiger partial charge in [-0.3, -0.25) is 0 Å². The van der Waals surface area contributed by atoms with E-state index in [9.17, 15) is 17.6 Å². The highest BCUT2D eigenvalue weighted by molar-refractivity contribution is 9.10. The number of benzene rings is 2. The molecular formula is C17H12BrF4NO. The molecule has 3 rings (SSSR count). The van der Waals surface area contributed by atoms with E-state index < -0.39 is 11.7 Å². The zero-order chi connectivity index (χ0) is 17.5. The van der Waals surface area contributed by atoms with Crippen molar-refractivity contribution in [2.24, 2.45) is 0 Å². The minimum absolute atomic E-state index is 0.0656. The second-order valence-corrected chi connectivity index (χ2v) is 6.04. The van der Waals surface area contributed by atoms with Crippen molar-refractivity contribution in [1.29, 1.82) is 0 Å². The first-order chi connectivity index (χ1) is 11.3.